The van der Waals surface area contributed by atoms with Crippen LogP contribution in [0.15, 0.2) is 17.0 Å². The molecule has 3 N–H and O–H groups in total. The van der Waals surface area contributed by atoms with Crippen LogP contribution in [0.4, 0.5) is 13.2 Å². The van der Waals surface area contributed by atoms with Crippen LogP contribution in [0, 0.1) is 23.4 Å². The molecule has 1 aliphatic carbocycles. The van der Waals surface area contributed by atoms with Gasteiger partial charge >= 0.3 is 0 Å². The Labute approximate surface area is 140 Å². The quantitative estimate of drug-likeness (QED) is 0.798. The van der Waals surface area contributed by atoms with Gasteiger partial charge < -0.3 is 5.73 Å². The lowest BCUT2D eigenvalue weighted by Crippen LogP contribution is -2.59. The summed E-state index contributed by atoms with van der Waals surface area (Å²) in [5, 5.41) is 0. The lowest BCUT2D eigenvalue weighted by atomic mass is 9.74. The van der Waals surface area contributed by atoms with Crippen molar-refractivity contribution in [3.05, 3.63) is 29.6 Å². The van der Waals surface area contributed by atoms with Crippen molar-refractivity contribution in [2.45, 2.75) is 43.0 Å². The highest BCUT2D eigenvalue weighted by atomic mass is 35.5. The average molecular weight is 373 g/mol. The highest BCUT2D eigenvalue weighted by Crippen LogP contribution is 2.34. The van der Waals surface area contributed by atoms with Crippen LogP contribution in [0.5, 0.6) is 0 Å². The fraction of sp³-hybridized carbons (Fsp3) is 0.571. The Morgan fingerprint density at radius 2 is 1.91 bits per heavy atom. The molecule has 0 amide bonds. The molecule has 132 valence electrons. The van der Waals surface area contributed by atoms with Gasteiger partial charge in [0, 0.05) is 12.1 Å². The van der Waals surface area contributed by atoms with E-state index in [0.717, 1.165) is 19.3 Å². The maximum Gasteiger partial charge on any atom is 0.244 e. The molecule has 2 rings (SSSR count). The summed E-state index contributed by atoms with van der Waals surface area (Å²) >= 11 is 0. The molecule has 0 bridgehead atoms. The predicted octanol–water partition coefficient (Wildman–Crippen LogP) is 2.71. The van der Waals surface area contributed by atoms with Gasteiger partial charge in [0.15, 0.2) is 17.5 Å². The zero-order valence-electron chi connectivity index (χ0n) is 12.6. The summed E-state index contributed by atoms with van der Waals surface area (Å²) in [6, 6.07) is 1.31. The first kappa shape index (κ1) is 20.2. The molecule has 9 heteroatoms. The minimum absolute atomic E-state index is 0. The number of rotatable bonds is 4. The van der Waals surface area contributed by atoms with Crippen molar-refractivity contribution in [1.29, 1.82) is 0 Å². The van der Waals surface area contributed by atoms with Gasteiger partial charge in [-0.1, -0.05) is 19.8 Å². The van der Waals surface area contributed by atoms with Crippen LogP contribution < -0.4 is 10.5 Å². The third-order valence-corrected chi connectivity index (χ3v) is 6.01. The first-order valence-corrected chi connectivity index (χ1v) is 8.59. The molecule has 0 aromatic heterocycles. The standard InChI is InChI=1S/C14H19F3N2O2S.ClH/c1-9-4-2-3-7-14(9,8-18)19-22(20,21)11-6-5-10(15)12(16)13(11)17;/h5-6,9,19H,2-4,7-8,18H2,1H3;1H. The van der Waals surface area contributed by atoms with Gasteiger partial charge in [-0.2, -0.15) is 0 Å². The van der Waals surface area contributed by atoms with Gasteiger partial charge in [0.2, 0.25) is 10.0 Å². The summed E-state index contributed by atoms with van der Waals surface area (Å²) in [6.45, 7) is 1.93. The van der Waals surface area contributed by atoms with Crippen LogP contribution in [-0.2, 0) is 10.0 Å². The third-order valence-electron chi connectivity index (χ3n) is 4.44. The van der Waals surface area contributed by atoms with Crippen molar-refractivity contribution in [2.24, 2.45) is 11.7 Å². The number of hydrogen-bond donors (Lipinski definition) is 2. The Hall–Kier alpha value is -0.830. The van der Waals surface area contributed by atoms with E-state index in [0.29, 0.717) is 18.6 Å². The Morgan fingerprint density at radius 1 is 1.26 bits per heavy atom. The van der Waals surface area contributed by atoms with Gasteiger partial charge in [-0.3, -0.25) is 0 Å². The molecular weight excluding hydrogens is 353 g/mol. The number of nitrogens with two attached hydrogens (primary N) is 1. The summed E-state index contributed by atoms with van der Waals surface area (Å²) in [5.74, 6) is -4.99. The van der Waals surface area contributed by atoms with E-state index in [4.69, 9.17) is 5.73 Å². The summed E-state index contributed by atoms with van der Waals surface area (Å²) in [4.78, 5) is -0.906. The second kappa shape index (κ2) is 7.38. The largest absolute Gasteiger partial charge is 0.329 e. The molecule has 0 aliphatic heterocycles. The van der Waals surface area contributed by atoms with Crippen molar-refractivity contribution < 1.29 is 21.6 Å². The molecule has 1 aliphatic rings. The maximum absolute atomic E-state index is 13.8. The van der Waals surface area contributed by atoms with Crippen molar-refractivity contribution in [3.8, 4) is 0 Å². The zero-order valence-corrected chi connectivity index (χ0v) is 14.2. The van der Waals surface area contributed by atoms with Gasteiger partial charge in [0.05, 0.1) is 0 Å². The molecule has 1 aromatic rings. The molecule has 2 atom stereocenters. The van der Waals surface area contributed by atoms with Gasteiger partial charge in [-0.25, -0.2) is 26.3 Å². The molecule has 23 heavy (non-hydrogen) atoms. The molecule has 1 aromatic carbocycles. The normalized spacial score (nSPS) is 25.0. The Kier molecular flexibility index (Phi) is 6.48. The monoisotopic (exact) mass is 372 g/mol. The molecular formula is C14H20ClF3N2O2S. The van der Waals surface area contributed by atoms with Crippen LogP contribution in [0.2, 0.25) is 0 Å². The van der Waals surface area contributed by atoms with E-state index in [1.54, 1.807) is 0 Å². The smallest absolute Gasteiger partial charge is 0.244 e. The average Bonchev–Trinajstić information content (AvgIpc) is 2.47. The van der Waals surface area contributed by atoms with Gasteiger partial charge in [0.1, 0.15) is 4.90 Å². The van der Waals surface area contributed by atoms with Crippen LogP contribution in [0.25, 0.3) is 0 Å². The first-order valence-electron chi connectivity index (χ1n) is 7.11. The van der Waals surface area contributed by atoms with Crippen LogP contribution >= 0.6 is 12.4 Å². The van der Waals surface area contributed by atoms with E-state index >= 15 is 0 Å². The third kappa shape index (κ3) is 3.81. The van der Waals surface area contributed by atoms with Crippen molar-refractivity contribution in [3.63, 3.8) is 0 Å². The fourth-order valence-electron chi connectivity index (χ4n) is 2.95. The van der Waals surface area contributed by atoms with E-state index in [2.05, 4.69) is 4.72 Å². The zero-order chi connectivity index (χ0) is 16.5. The molecule has 4 nitrogen and oxygen atoms in total. The Morgan fingerprint density at radius 3 is 2.48 bits per heavy atom. The van der Waals surface area contributed by atoms with E-state index < -0.39 is 37.9 Å². The lowest BCUT2D eigenvalue weighted by molar-refractivity contribution is 0.191. The number of sulfonamides is 1. The Bertz CT molecular complexity index is 672. The second-order valence-electron chi connectivity index (χ2n) is 5.79. The number of hydrogen-bond acceptors (Lipinski definition) is 3. The predicted molar refractivity (Wildman–Crippen MR) is 83.3 cm³/mol. The molecule has 0 radical (unpaired) electrons. The van der Waals surface area contributed by atoms with Crippen LogP contribution in [0.1, 0.15) is 32.6 Å². The summed E-state index contributed by atoms with van der Waals surface area (Å²) < 4.78 is 67.2. The molecule has 0 heterocycles. The summed E-state index contributed by atoms with van der Waals surface area (Å²) in [6.07, 6.45) is 3.07. The molecule has 0 saturated heterocycles. The maximum atomic E-state index is 13.8. The number of nitrogens with one attached hydrogen (secondary N) is 1. The molecule has 0 spiro atoms. The van der Waals surface area contributed by atoms with Crippen molar-refractivity contribution in [2.75, 3.05) is 6.54 Å². The molecule has 1 fully saturated rings. The minimum Gasteiger partial charge on any atom is -0.329 e. The van der Waals surface area contributed by atoms with Crippen LogP contribution in [0.3, 0.4) is 0 Å². The SMILES string of the molecule is CC1CCCCC1(CN)NS(=O)(=O)c1ccc(F)c(F)c1F.Cl. The van der Waals surface area contributed by atoms with E-state index in [9.17, 15) is 21.6 Å². The van der Waals surface area contributed by atoms with Gasteiger partial charge in [-0.05, 0) is 30.9 Å². The minimum atomic E-state index is -4.34. The van der Waals surface area contributed by atoms with E-state index in [1.807, 2.05) is 6.92 Å². The second-order valence-corrected chi connectivity index (χ2v) is 7.44. The highest BCUT2D eigenvalue weighted by Gasteiger charge is 2.41. The fourth-order valence-corrected chi connectivity index (χ4v) is 4.55. The topological polar surface area (TPSA) is 72.2 Å². The van der Waals surface area contributed by atoms with Crippen molar-refractivity contribution in [1.82, 2.24) is 4.72 Å². The highest BCUT2D eigenvalue weighted by molar-refractivity contribution is 7.89. The van der Waals surface area contributed by atoms with Crippen molar-refractivity contribution >= 4 is 22.4 Å². The molecule has 1 saturated carbocycles. The number of benzene rings is 1. The molecule has 2 unspecified atom stereocenters. The van der Waals surface area contributed by atoms with E-state index in [-0.39, 0.29) is 24.9 Å². The first-order chi connectivity index (χ1) is 10.2. The lowest BCUT2D eigenvalue weighted by Gasteiger charge is -2.42. The summed E-state index contributed by atoms with van der Waals surface area (Å²) in [7, 11) is -4.34. The Balaban J connectivity index is 0.00000264. The number of halogens is 4. The van der Waals surface area contributed by atoms with E-state index in [1.165, 1.54) is 0 Å². The van der Waals surface area contributed by atoms with Gasteiger partial charge in [0.25, 0.3) is 0 Å². The summed E-state index contributed by atoms with van der Waals surface area (Å²) in [5.41, 5.74) is 4.86. The van der Waals surface area contributed by atoms with Crippen LogP contribution in [-0.4, -0.2) is 20.5 Å². The van der Waals surface area contributed by atoms with Gasteiger partial charge in [-0.15, -0.1) is 12.4 Å².